The number of halogens is 1. The van der Waals surface area contributed by atoms with E-state index in [0.29, 0.717) is 88.1 Å². The van der Waals surface area contributed by atoms with Crippen molar-refractivity contribution in [3.8, 4) is 22.9 Å². The van der Waals surface area contributed by atoms with Crippen molar-refractivity contribution in [2.75, 3.05) is 26.0 Å². The Hall–Kier alpha value is -6.25. The number of hydrogen-bond donors (Lipinski definition) is 1. The van der Waals surface area contributed by atoms with Crippen LogP contribution < -0.4 is 21.5 Å². The van der Waals surface area contributed by atoms with Crippen LogP contribution in [0.2, 0.25) is 0 Å². The lowest BCUT2D eigenvalue weighted by Gasteiger charge is -2.35. The Morgan fingerprint density at radius 1 is 0.986 bits per heavy atom. The normalized spacial score (nSPS) is 23.8. The fourth-order valence-corrected chi connectivity index (χ4v) is 14.0. The molecule has 5 aromatic heterocycles. The average Bonchev–Trinajstić information content (AvgIpc) is 3.92. The minimum atomic E-state index is -2.72. The number of nitrogens with one attached hydrogen (secondary N) is 1. The zero-order valence-corrected chi connectivity index (χ0v) is 41.4. The molecular formula is C52H58FN8O7P. The number of aryl methyl sites for hydroxylation is 2. The van der Waals surface area contributed by atoms with Crippen LogP contribution in [0, 0.1) is 25.6 Å². The molecule has 1 N–H and O–H groups in total. The van der Waals surface area contributed by atoms with Crippen LogP contribution in [0.15, 0.2) is 81.4 Å². The van der Waals surface area contributed by atoms with Gasteiger partial charge in [0.1, 0.15) is 24.5 Å². The average molecular weight is 957 g/mol. The maximum Gasteiger partial charge on any atom is 0.438 e. The molecule has 2 unspecified atom stereocenters. The Morgan fingerprint density at radius 2 is 1.71 bits per heavy atom. The lowest BCUT2D eigenvalue weighted by Crippen LogP contribution is -2.40. The van der Waals surface area contributed by atoms with Crippen LogP contribution in [-0.2, 0) is 14.7 Å². The molecule has 69 heavy (non-hydrogen) atoms. The van der Waals surface area contributed by atoms with Gasteiger partial charge in [-0.1, -0.05) is 32.0 Å². The summed E-state index contributed by atoms with van der Waals surface area (Å²) in [7, 11) is -1.18. The summed E-state index contributed by atoms with van der Waals surface area (Å²) in [4.78, 5) is 48.1. The Balaban J connectivity index is 1.06. The number of rotatable bonds is 11. The van der Waals surface area contributed by atoms with Crippen LogP contribution in [0.4, 0.5) is 4.39 Å². The summed E-state index contributed by atoms with van der Waals surface area (Å²) < 4.78 is 52.9. The third kappa shape index (κ3) is 6.90. The van der Waals surface area contributed by atoms with E-state index in [2.05, 4.69) is 53.6 Å². The fourth-order valence-electron chi connectivity index (χ4n) is 11.9. The summed E-state index contributed by atoms with van der Waals surface area (Å²) in [5, 5.41) is 10.1. The van der Waals surface area contributed by atoms with E-state index in [9.17, 15) is 14.2 Å². The number of carbonyl (C=O) groups is 1. The number of methoxy groups -OCH3 is 1. The summed E-state index contributed by atoms with van der Waals surface area (Å²) in [5.41, 5.74) is 5.30. The molecule has 2 saturated carbocycles. The van der Waals surface area contributed by atoms with Gasteiger partial charge < -0.3 is 23.3 Å². The molecule has 0 radical (unpaired) electrons. The number of hydrogen-bond acceptors (Lipinski definition) is 9. The number of nitrogens with zero attached hydrogens (tertiary/aromatic N) is 7. The first-order valence-electron chi connectivity index (χ1n) is 24.1. The van der Waals surface area contributed by atoms with Crippen molar-refractivity contribution < 1.29 is 27.7 Å². The molecule has 6 atom stereocenters. The quantitative estimate of drug-likeness (QED) is 0.125. The van der Waals surface area contributed by atoms with Gasteiger partial charge in [0.25, 0.3) is 5.91 Å². The maximum atomic E-state index is 15.9. The third-order valence-electron chi connectivity index (χ3n) is 15.8. The zero-order valence-electron chi connectivity index (χ0n) is 40.5. The van der Waals surface area contributed by atoms with Crippen molar-refractivity contribution >= 4 is 23.9 Å². The predicted octanol–water partition coefficient (Wildman–Crippen LogP) is 8.61. The van der Waals surface area contributed by atoms with Gasteiger partial charge >= 0.3 is 11.4 Å². The first-order valence-corrected chi connectivity index (χ1v) is 26.2. The van der Waals surface area contributed by atoms with Crippen molar-refractivity contribution in [1.82, 2.24) is 38.4 Å². The number of pyridine rings is 1. The molecule has 7 heterocycles. The van der Waals surface area contributed by atoms with E-state index >= 15 is 9.18 Å². The van der Waals surface area contributed by atoms with Crippen LogP contribution in [0.25, 0.3) is 22.7 Å². The molecule has 4 aliphatic rings. The molecule has 2 aliphatic heterocycles. The summed E-state index contributed by atoms with van der Waals surface area (Å²) in [6.07, 6.45) is 11.4. The Kier molecular flexibility index (Phi) is 10.4. The molecule has 1 amide bonds. The first kappa shape index (κ1) is 45.2. The number of carbonyl (C=O) groups excluding carboxylic acids is 1. The highest BCUT2D eigenvalue weighted by Crippen LogP contribution is 2.61. The summed E-state index contributed by atoms with van der Waals surface area (Å²) in [6, 6.07) is 12.3. The van der Waals surface area contributed by atoms with Crippen molar-refractivity contribution in [3.05, 3.63) is 139 Å². The lowest BCUT2D eigenvalue weighted by molar-refractivity contribution is -0.0593. The topological polar surface area (TPSA) is 164 Å². The smallest absolute Gasteiger partial charge is 0.438 e. The van der Waals surface area contributed by atoms with Crippen LogP contribution in [0.3, 0.4) is 0 Å². The van der Waals surface area contributed by atoms with E-state index in [1.165, 1.54) is 11.7 Å². The van der Waals surface area contributed by atoms with Crippen molar-refractivity contribution in [1.29, 1.82) is 0 Å². The molecule has 11 rings (SSSR count). The van der Waals surface area contributed by atoms with Crippen LogP contribution in [0.1, 0.15) is 135 Å². The molecular weight excluding hydrogens is 899 g/mol. The van der Waals surface area contributed by atoms with Gasteiger partial charge in [-0.3, -0.25) is 23.4 Å². The Bertz CT molecular complexity index is 3400. The second kappa shape index (κ2) is 15.9. The van der Waals surface area contributed by atoms with Crippen LogP contribution >= 0.6 is 7.14 Å². The largest absolute Gasteiger partial charge is 0.496 e. The van der Waals surface area contributed by atoms with Gasteiger partial charge in [0.15, 0.2) is 5.82 Å². The first-order chi connectivity index (χ1) is 32.9. The summed E-state index contributed by atoms with van der Waals surface area (Å²) >= 11 is 0. The van der Waals surface area contributed by atoms with Gasteiger partial charge in [-0.05, 0) is 119 Å². The lowest BCUT2D eigenvalue weighted by atomic mass is 9.84. The van der Waals surface area contributed by atoms with E-state index in [-0.39, 0.29) is 41.1 Å². The highest BCUT2D eigenvalue weighted by atomic mass is 31.2. The minimum absolute atomic E-state index is 0.0355. The van der Waals surface area contributed by atoms with Gasteiger partial charge in [0.05, 0.1) is 57.6 Å². The van der Waals surface area contributed by atoms with Crippen LogP contribution in [0.5, 0.6) is 5.75 Å². The number of benzene rings is 2. The SMILES string of the molecule is CCP(=O)(CC)c1ccc(-n2ccn(-c3c4c(nn3-c3cc(C)c(F)c(C)c3)C3CC3N(C(=O)c3cn5cc([C@H]6CCOC(C)(C)C6)ccc5c3[C@@]3(c5noc(=O)[nH]5)C[C@@H]3C)[C@H]4C)c2=O)cc1OC. The highest BCUT2D eigenvalue weighted by molar-refractivity contribution is 7.71. The number of aromatic nitrogens is 7. The number of fused-ring (bicyclic) bond motifs is 4. The van der Waals surface area contributed by atoms with Crippen molar-refractivity contribution in [2.45, 2.75) is 116 Å². The fraction of sp³-hybridized carbons (Fsp3) is 0.442. The van der Waals surface area contributed by atoms with Gasteiger partial charge in [-0.15, -0.1) is 0 Å². The highest BCUT2D eigenvalue weighted by Gasteiger charge is 2.61. The Morgan fingerprint density at radius 3 is 2.36 bits per heavy atom. The van der Waals surface area contributed by atoms with E-state index in [4.69, 9.17) is 19.1 Å². The molecule has 1 saturated heterocycles. The summed E-state index contributed by atoms with van der Waals surface area (Å²) in [5.74, 6) is 0.293. The van der Waals surface area contributed by atoms with E-state index in [1.54, 1.807) is 65.8 Å². The molecule has 3 fully saturated rings. The second-order valence-electron chi connectivity index (χ2n) is 20.4. The minimum Gasteiger partial charge on any atom is -0.496 e. The number of H-pyrrole nitrogens is 1. The molecule has 2 aliphatic carbocycles. The molecule has 15 nitrogen and oxygen atoms in total. The van der Waals surface area contributed by atoms with Crippen LogP contribution in [-0.4, -0.2) is 81.9 Å². The Labute approximate surface area is 398 Å². The predicted molar refractivity (Wildman–Crippen MR) is 260 cm³/mol. The monoisotopic (exact) mass is 956 g/mol. The summed E-state index contributed by atoms with van der Waals surface area (Å²) in [6.45, 7) is 16.2. The molecule has 0 bridgehead atoms. The molecule has 0 spiro atoms. The van der Waals surface area contributed by atoms with E-state index < -0.39 is 30.0 Å². The van der Waals surface area contributed by atoms with Crippen molar-refractivity contribution in [2.24, 2.45) is 5.92 Å². The molecule has 360 valence electrons. The van der Waals surface area contributed by atoms with E-state index in [0.717, 1.165) is 35.2 Å². The molecule has 2 aromatic carbocycles. The van der Waals surface area contributed by atoms with Crippen molar-refractivity contribution in [3.63, 3.8) is 0 Å². The number of amides is 1. The maximum absolute atomic E-state index is 15.9. The molecule has 7 aromatic rings. The number of aromatic amines is 1. The number of imidazole rings is 1. The zero-order chi connectivity index (χ0) is 48.6. The second-order valence-corrected chi connectivity index (χ2v) is 23.9. The van der Waals surface area contributed by atoms with Gasteiger partial charge in [-0.2, -0.15) is 5.10 Å². The molecule has 17 heteroatoms. The third-order valence-corrected chi connectivity index (χ3v) is 19.1. The van der Waals surface area contributed by atoms with Gasteiger partial charge in [0.2, 0.25) is 0 Å². The standard InChI is InChI=1S/C52H58FN8O7P/c1-10-69(65,11-2)41-15-13-34(22-40(41)66-9)58-17-18-59(50(58)64)46-42-31(6)60(39-23-36(39)45(42)55-61(46)35-20-28(3)44(53)29(4)21-35)47(62)37-27-57-26-33(32-16-19-67-51(7,8)25-32)12-14-38(57)43(37)52(24-30(52)5)48-54-49(63)68-56-48/h12-15,17-18,20-22,26-27,30-32,36,39H,10-11,16,19,23-25H2,1-9H3,(H,54,56,63)/t30-,31-,32-,36?,39?,52+/m0/s1. The van der Waals surface area contributed by atoms with Gasteiger partial charge in [-0.25, -0.2) is 18.7 Å². The van der Waals surface area contributed by atoms with Gasteiger partial charge in [0, 0.05) is 72.9 Å². The van der Waals surface area contributed by atoms with E-state index in [1.807, 2.05) is 31.9 Å². The number of ether oxygens (including phenoxy) is 2.